The number of hydrogen-bond donors (Lipinski definition) is 2. The molecule has 3 rings (SSSR count). The van der Waals surface area contributed by atoms with Crippen molar-refractivity contribution in [1.82, 2.24) is 15.2 Å². The second kappa shape index (κ2) is 9.60. The quantitative estimate of drug-likeness (QED) is 0.655. The molecule has 2 N–H and O–H groups in total. The molecule has 0 aliphatic heterocycles. The standard InChI is InChI=1S/C20H23FN4O3S/c1-2-9-22-17(26)10-15-12-29-20(23-15)24-18(27)11-25(16-7-8-16)19(28)13-3-5-14(21)6-4-13/h3-6,12,16H,2,7-11H2,1H3,(H,22,26)(H,23,24,27). The van der Waals surface area contributed by atoms with E-state index in [4.69, 9.17) is 0 Å². The van der Waals surface area contributed by atoms with Crippen LogP contribution in [0.5, 0.6) is 0 Å². The number of carbonyl (C=O) groups excluding carboxylic acids is 3. The molecule has 1 aliphatic carbocycles. The number of nitrogens with zero attached hydrogens (tertiary/aromatic N) is 2. The first-order valence-electron chi connectivity index (χ1n) is 9.53. The summed E-state index contributed by atoms with van der Waals surface area (Å²) in [5.41, 5.74) is 0.932. The van der Waals surface area contributed by atoms with Gasteiger partial charge in [0.1, 0.15) is 12.4 Å². The lowest BCUT2D eigenvalue weighted by Gasteiger charge is -2.21. The molecule has 3 amide bonds. The average Bonchev–Trinajstić information content (AvgIpc) is 3.45. The number of rotatable bonds is 9. The van der Waals surface area contributed by atoms with Crippen molar-refractivity contribution in [2.75, 3.05) is 18.4 Å². The van der Waals surface area contributed by atoms with Crippen LogP contribution in [-0.2, 0) is 16.0 Å². The van der Waals surface area contributed by atoms with E-state index in [-0.39, 0.29) is 36.7 Å². The molecule has 9 heteroatoms. The molecule has 0 radical (unpaired) electrons. The Morgan fingerprint density at radius 2 is 1.93 bits per heavy atom. The summed E-state index contributed by atoms with van der Waals surface area (Å²) < 4.78 is 13.1. The van der Waals surface area contributed by atoms with Crippen LogP contribution in [0.15, 0.2) is 29.6 Å². The Balaban J connectivity index is 1.56. The Labute approximate surface area is 172 Å². The van der Waals surface area contributed by atoms with Crippen LogP contribution in [0.2, 0.25) is 0 Å². The van der Waals surface area contributed by atoms with Gasteiger partial charge in [0.15, 0.2) is 5.13 Å². The number of carbonyl (C=O) groups is 3. The monoisotopic (exact) mass is 418 g/mol. The fourth-order valence-electron chi connectivity index (χ4n) is 2.76. The van der Waals surface area contributed by atoms with Gasteiger partial charge in [-0.05, 0) is 43.5 Å². The summed E-state index contributed by atoms with van der Waals surface area (Å²) >= 11 is 1.23. The minimum atomic E-state index is -0.416. The van der Waals surface area contributed by atoms with Crippen molar-refractivity contribution in [3.8, 4) is 0 Å². The van der Waals surface area contributed by atoms with E-state index in [0.717, 1.165) is 19.3 Å². The van der Waals surface area contributed by atoms with Crippen LogP contribution in [0.25, 0.3) is 0 Å². The Morgan fingerprint density at radius 1 is 1.21 bits per heavy atom. The highest BCUT2D eigenvalue weighted by Gasteiger charge is 2.34. The summed E-state index contributed by atoms with van der Waals surface area (Å²) in [5, 5.41) is 7.58. The molecular formula is C20H23FN4O3S. The van der Waals surface area contributed by atoms with Gasteiger partial charge in [-0.15, -0.1) is 11.3 Å². The topological polar surface area (TPSA) is 91.4 Å². The SMILES string of the molecule is CCCNC(=O)Cc1csc(NC(=O)CN(C(=O)c2ccc(F)cc2)C2CC2)n1. The third-order valence-corrected chi connectivity index (χ3v) is 5.17. The Kier molecular flexibility index (Phi) is 6.92. The van der Waals surface area contributed by atoms with E-state index in [1.165, 1.54) is 40.5 Å². The first-order chi connectivity index (χ1) is 14.0. The second-order valence-electron chi connectivity index (χ2n) is 6.89. The highest BCUT2D eigenvalue weighted by molar-refractivity contribution is 7.13. The molecule has 1 aliphatic rings. The van der Waals surface area contributed by atoms with Crippen LogP contribution in [0.1, 0.15) is 42.2 Å². The van der Waals surface area contributed by atoms with Gasteiger partial charge in [-0.2, -0.15) is 0 Å². The maximum absolute atomic E-state index is 13.1. The lowest BCUT2D eigenvalue weighted by molar-refractivity contribution is -0.120. The molecule has 2 aromatic rings. The summed E-state index contributed by atoms with van der Waals surface area (Å²) in [5.74, 6) is -1.18. The van der Waals surface area contributed by atoms with Gasteiger partial charge in [-0.1, -0.05) is 6.92 Å². The van der Waals surface area contributed by atoms with Crippen molar-refractivity contribution in [1.29, 1.82) is 0 Å². The molecule has 154 valence electrons. The molecule has 1 heterocycles. The van der Waals surface area contributed by atoms with Crippen molar-refractivity contribution < 1.29 is 18.8 Å². The molecule has 1 saturated carbocycles. The normalized spacial score (nSPS) is 13.0. The first kappa shape index (κ1) is 20.9. The summed E-state index contributed by atoms with van der Waals surface area (Å²) in [6.07, 6.45) is 2.70. The van der Waals surface area contributed by atoms with Crippen LogP contribution in [0, 0.1) is 5.82 Å². The van der Waals surface area contributed by atoms with Crippen LogP contribution in [0.3, 0.4) is 0 Å². The van der Waals surface area contributed by atoms with Crippen LogP contribution in [0.4, 0.5) is 9.52 Å². The van der Waals surface area contributed by atoms with E-state index < -0.39 is 5.82 Å². The van der Waals surface area contributed by atoms with E-state index >= 15 is 0 Å². The summed E-state index contributed by atoms with van der Waals surface area (Å²) in [7, 11) is 0. The van der Waals surface area contributed by atoms with E-state index in [2.05, 4.69) is 15.6 Å². The van der Waals surface area contributed by atoms with Gasteiger partial charge in [0.25, 0.3) is 5.91 Å². The Bertz CT molecular complexity index is 880. The van der Waals surface area contributed by atoms with Gasteiger partial charge in [0, 0.05) is 23.5 Å². The molecule has 29 heavy (non-hydrogen) atoms. The van der Waals surface area contributed by atoms with E-state index in [1.807, 2.05) is 6.92 Å². The third kappa shape index (κ3) is 6.08. The van der Waals surface area contributed by atoms with E-state index in [0.29, 0.717) is 22.9 Å². The minimum absolute atomic E-state index is 0.0208. The van der Waals surface area contributed by atoms with Crippen molar-refractivity contribution >= 4 is 34.2 Å². The van der Waals surface area contributed by atoms with Crippen LogP contribution in [-0.4, -0.2) is 46.7 Å². The van der Waals surface area contributed by atoms with Crippen molar-refractivity contribution in [2.45, 2.75) is 38.6 Å². The fourth-order valence-corrected chi connectivity index (χ4v) is 3.49. The lowest BCUT2D eigenvalue weighted by Crippen LogP contribution is -2.39. The smallest absolute Gasteiger partial charge is 0.254 e. The van der Waals surface area contributed by atoms with Gasteiger partial charge >= 0.3 is 0 Å². The number of nitrogens with one attached hydrogen (secondary N) is 2. The van der Waals surface area contributed by atoms with E-state index in [9.17, 15) is 18.8 Å². The molecular weight excluding hydrogens is 395 g/mol. The zero-order valence-electron chi connectivity index (χ0n) is 16.1. The van der Waals surface area contributed by atoms with Crippen molar-refractivity contribution in [3.05, 3.63) is 46.7 Å². The third-order valence-electron chi connectivity index (χ3n) is 4.37. The van der Waals surface area contributed by atoms with Crippen molar-refractivity contribution in [3.63, 3.8) is 0 Å². The molecule has 1 aromatic carbocycles. The molecule has 1 fully saturated rings. The van der Waals surface area contributed by atoms with Gasteiger partial charge in [-0.3, -0.25) is 14.4 Å². The zero-order valence-corrected chi connectivity index (χ0v) is 16.9. The maximum Gasteiger partial charge on any atom is 0.254 e. The Morgan fingerprint density at radius 3 is 2.59 bits per heavy atom. The van der Waals surface area contributed by atoms with Gasteiger partial charge in [0.05, 0.1) is 12.1 Å². The average molecular weight is 418 g/mol. The number of thiazole rings is 1. The largest absolute Gasteiger partial charge is 0.356 e. The molecule has 1 aromatic heterocycles. The minimum Gasteiger partial charge on any atom is -0.356 e. The van der Waals surface area contributed by atoms with Gasteiger partial charge < -0.3 is 15.5 Å². The predicted octanol–water partition coefficient (Wildman–Crippen LogP) is 2.59. The number of halogens is 1. The maximum atomic E-state index is 13.1. The summed E-state index contributed by atoms with van der Waals surface area (Å²) in [6, 6.07) is 5.31. The van der Waals surface area contributed by atoms with Crippen molar-refractivity contribution in [2.24, 2.45) is 0 Å². The summed E-state index contributed by atoms with van der Waals surface area (Å²) in [4.78, 5) is 42.7. The second-order valence-corrected chi connectivity index (χ2v) is 7.75. The number of hydrogen-bond acceptors (Lipinski definition) is 5. The number of benzene rings is 1. The number of aromatic nitrogens is 1. The molecule has 0 unspecified atom stereocenters. The molecule has 0 saturated heterocycles. The number of anilines is 1. The molecule has 7 nitrogen and oxygen atoms in total. The highest BCUT2D eigenvalue weighted by atomic mass is 32.1. The summed E-state index contributed by atoms with van der Waals surface area (Å²) in [6.45, 7) is 2.49. The molecule has 0 atom stereocenters. The van der Waals surface area contributed by atoms with Gasteiger partial charge in [0.2, 0.25) is 11.8 Å². The fraction of sp³-hybridized carbons (Fsp3) is 0.400. The van der Waals surface area contributed by atoms with Crippen LogP contribution < -0.4 is 10.6 Å². The van der Waals surface area contributed by atoms with Crippen LogP contribution >= 0.6 is 11.3 Å². The zero-order chi connectivity index (χ0) is 20.8. The first-order valence-corrected chi connectivity index (χ1v) is 10.4. The van der Waals surface area contributed by atoms with Gasteiger partial charge in [-0.25, -0.2) is 9.37 Å². The molecule has 0 bridgehead atoms. The predicted molar refractivity (Wildman–Crippen MR) is 108 cm³/mol. The Hall–Kier alpha value is -2.81. The number of amides is 3. The molecule has 0 spiro atoms. The highest BCUT2D eigenvalue weighted by Crippen LogP contribution is 2.28. The van der Waals surface area contributed by atoms with E-state index in [1.54, 1.807) is 5.38 Å². The lowest BCUT2D eigenvalue weighted by atomic mass is 10.2.